The molecule has 0 saturated carbocycles. The molecule has 0 aliphatic rings. The smallest absolute Gasteiger partial charge is 0.0577 e. The number of hydrogen-bond acceptors (Lipinski definition) is 4. The second-order valence-corrected chi connectivity index (χ2v) is 8.27. The number of rotatable bonds is 11. The van der Waals surface area contributed by atoms with Crippen molar-refractivity contribution in [1.29, 1.82) is 0 Å². The fourth-order valence-electron chi connectivity index (χ4n) is 3.15. The summed E-state index contributed by atoms with van der Waals surface area (Å²) in [6, 6.07) is 0. The summed E-state index contributed by atoms with van der Waals surface area (Å²) >= 11 is 14.6. The summed E-state index contributed by atoms with van der Waals surface area (Å²) in [4.78, 5) is 4.84. The molecule has 3 unspecified atom stereocenters. The lowest BCUT2D eigenvalue weighted by Crippen LogP contribution is -2.12. The van der Waals surface area contributed by atoms with Crippen molar-refractivity contribution in [1.82, 2.24) is 4.98 Å². The average molecular weight is 384 g/mol. The van der Waals surface area contributed by atoms with Gasteiger partial charge in [0.2, 0.25) is 0 Å². The Morgan fingerprint density at radius 3 is 2.04 bits per heavy atom. The van der Waals surface area contributed by atoms with Crippen LogP contribution in [0.25, 0.3) is 0 Å². The van der Waals surface area contributed by atoms with Crippen molar-refractivity contribution < 1.29 is 0 Å². The van der Waals surface area contributed by atoms with Gasteiger partial charge >= 0.3 is 0 Å². The summed E-state index contributed by atoms with van der Waals surface area (Å²) in [6.07, 6.45) is 11.3. The van der Waals surface area contributed by atoms with E-state index in [0.717, 1.165) is 50.6 Å². The van der Waals surface area contributed by atoms with Crippen LogP contribution in [0.1, 0.15) is 97.4 Å². The lowest BCUT2D eigenvalue weighted by Gasteiger charge is -2.25. The molecule has 24 heavy (non-hydrogen) atoms. The molecular formula is C20H33NS3. The van der Waals surface area contributed by atoms with Gasteiger partial charge in [-0.05, 0) is 42.4 Å². The van der Waals surface area contributed by atoms with Crippen LogP contribution in [-0.4, -0.2) is 4.98 Å². The van der Waals surface area contributed by atoms with E-state index < -0.39 is 0 Å². The van der Waals surface area contributed by atoms with Crippen molar-refractivity contribution in [2.45, 2.75) is 81.5 Å². The molecule has 4 heteroatoms. The Labute approximate surface area is 165 Å². The van der Waals surface area contributed by atoms with Gasteiger partial charge in [-0.25, -0.2) is 0 Å². The molecule has 0 amide bonds. The molecule has 3 atom stereocenters. The molecule has 0 aliphatic carbocycles. The molecule has 0 bridgehead atoms. The van der Waals surface area contributed by atoms with Crippen LogP contribution in [0.3, 0.4) is 0 Å². The third-order valence-electron chi connectivity index (χ3n) is 4.33. The Kier molecular flexibility index (Phi) is 10.6. The van der Waals surface area contributed by atoms with Crippen molar-refractivity contribution in [3.05, 3.63) is 41.2 Å². The maximum atomic E-state index is 4.93. The van der Waals surface area contributed by atoms with Crippen LogP contribution < -0.4 is 0 Å². The van der Waals surface area contributed by atoms with Crippen LogP contribution in [0.15, 0.2) is 18.9 Å². The van der Waals surface area contributed by atoms with E-state index in [-0.39, 0.29) is 15.7 Å². The lowest BCUT2D eigenvalue weighted by molar-refractivity contribution is 0.710. The Morgan fingerprint density at radius 2 is 1.50 bits per heavy atom. The number of thiol groups is 3. The maximum absolute atomic E-state index is 4.93. The molecule has 0 aromatic carbocycles. The Balaban J connectivity index is 3.50. The molecule has 0 saturated heterocycles. The highest BCUT2D eigenvalue weighted by Crippen LogP contribution is 2.40. The maximum Gasteiger partial charge on any atom is 0.0577 e. The van der Waals surface area contributed by atoms with Crippen LogP contribution in [0.5, 0.6) is 0 Å². The van der Waals surface area contributed by atoms with Crippen molar-refractivity contribution >= 4 is 37.9 Å². The van der Waals surface area contributed by atoms with Crippen LogP contribution in [0, 0.1) is 0 Å². The molecule has 1 heterocycles. The quantitative estimate of drug-likeness (QED) is 0.273. The van der Waals surface area contributed by atoms with Gasteiger partial charge in [0.1, 0.15) is 0 Å². The predicted octanol–water partition coefficient (Wildman–Crippen LogP) is 7.12. The minimum absolute atomic E-state index is 0.165. The molecule has 0 radical (unpaired) electrons. The van der Waals surface area contributed by atoms with Crippen molar-refractivity contribution in [3.8, 4) is 0 Å². The fourth-order valence-corrected chi connectivity index (χ4v) is 4.64. The van der Waals surface area contributed by atoms with Gasteiger partial charge in [-0.15, -0.1) is 6.58 Å². The normalized spacial score (nSPS) is 15.1. The fraction of sp³-hybridized carbons (Fsp3) is 0.650. The molecular weight excluding hydrogens is 350 g/mol. The van der Waals surface area contributed by atoms with E-state index >= 15 is 0 Å². The van der Waals surface area contributed by atoms with Gasteiger partial charge in [0, 0.05) is 21.9 Å². The molecule has 0 fully saturated rings. The van der Waals surface area contributed by atoms with E-state index in [1.54, 1.807) is 0 Å². The van der Waals surface area contributed by atoms with E-state index in [1.165, 1.54) is 16.7 Å². The summed E-state index contributed by atoms with van der Waals surface area (Å²) in [5, 5.41) is 0.580. The van der Waals surface area contributed by atoms with Gasteiger partial charge < -0.3 is 0 Å². The molecule has 0 aliphatic heterocycles. The molecule has 1 aromatic rings. The van der Waals surface area contributed by atoms with E-state index in [4.69, 9.17) is 42.9 Å². The highest BCUT2D eigenvalue weighted by atomic mass is 32.1. The third-order valence-corrected chi connectivity index (χ3v) is 5.89. The van der Waals surface area contributed by atoms with Gasteiger partial charge in [-0.1, -0.05) is 46.1 Å². The predicted molar refractivity (Wildman–Crippen MR) is 118 cm³/mol. The van der Waals surface area contributed by atoms with Crippen molar-refractivity contribution in [2.24, 2.45) is 0 Å². The first kappa shape index (κ1) is 22.0. The first-order valence-electron chi connectivity index (χ1n) is 9.18. The van der Waals surface area contributed by atoms with E-state index in [9.17, 15) is 0 Å². The molecule has 136 valence electrons. The van der Waals surface area contributed by atoms with Gasteiger partial charge in [0.25, 0.3) is 0 Å². The second kappa shape index (κ2) is 11.5. The van der Waals surface area contributed by atoms with E-state index in [1.807, 2.05) is 12.3 Å². The van der Waals surface area contributed by atoms with Crippen molar-refractivity contribution in [2.75, 3.05) is 0 Å². The SMILES string of the molecule is C=CCc1c(C(S)CCC)cnc(C(S)CCC)c1C(S)CCC. The minimum Gasteiger partial charge on any atom is -0.259 e. The topological polar surface area (TPSA) is 12.9 Å². The highest BCUT2D eigenvalue weighted by Gasteiger charge is 2.24. The van der Waals surface area contributed by atoms with Gasteiger partial charge in [0.05, 0.1) is 5.69 Å². The zero-order valence-corrected chi connectivity index (χ0v) is 18.0. The molecule has 1 aromatic heterocycles. The molecule has 0 N–H and O–H groups in total. The highest BCUT2D eigenvalue weighted by molar-refractivity contribution is 7.81. The van der Waals surface area contributed by atoms with Crippen molar-refractivity contribution in [3.63, 3.8) is 0 Å². The zero-order valence-electron chi connectivity index (χ0n) is 15.3. The number of pyridine rings is 1. The molecule has 0 spiro atoms. The summed E-state index contributed by atoms with van der Waals surface area (Å²) < 4.78 is 0. The van der Waals surface area contributed by atoms with Crippen LogP contribution in [-0.2, 0) is 6.42 Å². The van der Waals surface area contributed by atoms with Gasteiger partial charge in [-0.2, -0.15) is 37.9 Å². The van der Waals surface area contributed by atoms with Gasteiger partial charge in [-0.3, -0.25) is 4.98 Å². The molecule has 1 rings (SSSR count). The largest absolute Gasteiger partial charge is 0.259 e. The summed E-state index contributed by atoms with van der Waals surface area (Å²) in [5.41, 5.74) is 4.95. The number of nitrogens with zero attached hydrogens (tertiary/aromatic N) is 1. The first-order chi connectivity index (χ1) is 11.5. The Morgan fingerprint density at radius 1 is 0.958 bits per heavy atom. The summed E-state index contributed by atoms with van der Waals surface area (Å²) in [6.45, 7) is 10.6. The summed E-state index contributed by atoms with van der Waals surface area (Å²) in [5.74, 6) is 0. The van der Waals surface area contributed by atoms with E-state index in [2.05, 4.69) is 27.4 Å². The molecule has 1 nitrogen and oxygen atoms in total. The zero-order chi connectivity index (χ0) is 18.1. The standard InChI is InChI=1S/C20H33NS3/c1-5-9-14-15(16(22)10-6-2)13-21-20(18(24)12-8-4)19(14)17(23)11-7-3/h5,13,16-18,22-24H,1,6-12H2,2-4H3. The Hall–Kier alpha value is -0.0600. The van der Waals surface area contributed by atoms with Gasteiger partial charge in [0.15, 0.2) is 0 Å². The average Bonchev–Trinajstić information content (AvgIpc) is 2.55. The van der Waals surface area contributed by atoms with Crippen LogP contribution >= 0.6 is 37.9 Å². The number of aromatic nitrogens is 1. The van der Waals surface area contributed by atoms with E-state index in [0.29, 0.717) is 0 Å². The number of hydrogen-bond donors (Lipinski definition) is 3. The minimum atomic E-state index is 0.165. The lowest BCUT2D eigenvalue weighted by atomic mass is 9.90. The Bertz CT molecular complexity index is 516. The second-order valence-electron chi connectivity index (χ2n) is 6.40. The summed E-state index contributed by atoms with van der Waals surface area (Å²) in [7, 11) is 0. The first-order valence-corrected chi connectivity index (χ1v) is 10.7. The van der Waals surface area contributed by atoms with Crippen LogP contribution in [0.2, 0.25) is 0 Å². The monoisotopic (exact) mass is 383 g/mol. The van der Waals surface area contributed by atoms with Crippen LogP contribution in [0.4, 0.5) is 0 Å². The third kappa shape index (κ3) is 5.74. The number of allylic oxidation sites excluding steroid dienone is 1.